The number of fused-ring (bicyclic) bond motifs is 1. The predicted octanol–water partition coefficient (Wildman–Crippen LogP) is 4.86. The van der Waals surface area contributed by atoms with E-state index in [-0.39, 0.29) is 0 Å². The molecule has 1 heterocycles. The molecule has 5 nitrogen and oxygen atoms in total. The number of rotatable bonds is 12. The molecule has 0 bridgehead atoms. The van der Waals surface area contributed by atoms with Crippen molar-refractivity contribution >= 4 is 11.1 Å². The number of oxazole rings is 1. The summed E-state index contributed by atoms with van der Waals surface area (Å²) in [4.78, 5) is 4.53. The molecular weight excluding hydrogens is 388 g/mol. The Kier molecular flexibility index (Phi) is 7.82. The Morgan fingerprint density at radius 3 is 2.26 bits per heavy atom. The number of para-hydroxylation sites is 2. The number of nitrogens with one attached hydrogen (secondary N) is 1. The number of ether oxygens (including phenoxy) is 2. The van der Waals surface area contributed by atoms with Gasteiger partial charge in [-0.3, -0.25) is 0 Å². The van der Waals surface area contributed by atoms with Gasteiger partial charge in [-0.2, -0.15) is 0 Å². The first kappa shape index (κ1) is 21.2. The molecule has 4 aromatic rings. The summed E-state index contributed by atoms with van der Waals surface area (Å²) in [7, 11) is 0. The fourth-order valence-electron chi connectivity index (χ4n) is 3.28. The SMILES string of the molecule is c1ccc(CCOCCNCCOCc2ccc(-c3nc4ccccc4o3)cc2)cc1. The maximum atomic E-state index is 5.82. The van der Waals surface area contributed by atoms with Gasteiger partial charge >= 0.3 is 0 Å². The van der Waals surface area contributed by atoms with Crippen molar-refractivity contribution in [1.29, 1.82) is 0 Å². The third kappa shape index (κ3) is 6.49. The molecule has 0 radical (unpaired) electrons. The first-order valence-corrected chi connectivity index (χ1v) is 10.7. The lowest BCUT2D eigenvalue weighted by Crippen LogP contribution is -2.24. The topological polar surface area (TPSA) is 56.5 Å². The van der Waals surface area contributed by atoms with E-state index in [1.165, 1.54) is 5.56 Å². The smallest absolute Gasteiger partial charge is 0.227 e. The van der Waals surface area contributed by atoms with Crippen molar-refractivity contribution in [3.8, 4) is 11.5 Å². The van der Waals surface area contributed by atoms with Crippen LogP contribution < -0.4 is 5.32 Å². The van der Waals surface area contributed by atoms with E-state index in [1.54, 1.807) is 0 Å². The Labute approximate surface area is 183 Å². The molecule has 0 saturated carbocycles. The minimum absolute atomic E-state index is 0.586. The summed E-state index contributed by atoms with van der Waals surface area (Å²) in [6.07, 6.45) is 0.954. The molecular formula is C26H28N2O3. The van der Waals surface area contributed by atoms with Crippen LogP contribution in [0.2, 0.25) is 0 Å². The van der Waals surface area contributed by atoms with Crippen LogP contribution in [0, 0.1) is 0 Å². The average Bonchev–Trinajstić information content (AvgIpc) is 3.26. The zero-order chi connectivity index (χ0) is 21.1. The summed E-state index contributed by atoms with van der Waals surface area (Å²) in [6.45, 7) is 4.35. The summed E-state index contributed by atoms with van der Waals surface area (Å²) in [5.74, 6) is 0.642. The summed E-state index contributed by atoms with van der Waals surface area (Å²) < 4.78 is 17.2. The van der Waals surface area contributed by atoms with E-state index in [9.17, 15) is 0 Å². The van der Waals surface area contributed by atoms with Crippen LogP contribution in [0.3, 0.4) is 0 Å². The molecule has 0 atom stereocenters. The van der Waals surface area contributed by atoms with Gasteiger partial charge in [-0.15, -0.1) is 0 Å². The zero-order valence-electron chi connectivity index (χ0n) is 17.6. The number of hydrogen-bond donors (Lipinski definition) is 1. The first-order chi connectivity index (χ1) is 15.4. The van der Waals surface area contributed by atoms with Crippen LogP contribution >= 0.6 is 0 Å². The lowest BCUT2D eigenvalue weighted by Gasteiger charge is -2.08. The molecule has 1 N–H and O–H groups in total. The monoisotopic (exact) mass is 416 g/mol. The van der Waals surface area contributed by atoms with Gasteiger partial charge in [-0.25, -0.2) is 4.98 Å². The standard InChI is InChI=1S/C26H28N2O3/c1-2-6-21(7-3-1)14-17-29-18-15-27-16-19-30-20-22-10-12-23(13-11-22)26-28-24-8-4-5-9-25(24)31-26/h1-13,27H,14-20H2. The predicted molar refractivity (Wildman–Crippen MR) is 123 cm³/mol. The molecule has 3 aromatic carbocycles. The van der Waals surface area contributed by atoms with Gasteiger partial charge in [0.25, 0.3) is 0 Å². The molecule has 0 aliphatic carbocycles. The maximum absolute atomic E-state index is 5.82. The second-order valence-corrected chi connectivity index (χ2v) is 7.33. The van der Waals surface area contributed by atoms with E-state index < -0.39 is 0 Å². The molecule has 4 rings (SSSR count). The van der Waals surface area contributed by atoms with Gasteiger partial charge in [0.05, 0.1) is 26.4 Å². The highest BCUT2D eigenvalue weighted by atomic mass is 16.5. The molecule has 0 aliphatic rings. The van der Waals surface area contributed by atoms with E-state index in [0.29, 0.717) is 25.7 Å². The van der Waals surface area contributed by atoms with Crippen molar-refractivity contribution in [2.45, 2.75) is 13.0 Å². The third-order valence-electron chi connectivity index (χ3n) is 4.99. The fourth-order valence-corrected chi connectivity index (χ4v) is 3.28. The lowest BCUT2D eigenvalue weighted by molar-refractivity contribution is 0.114. The highest BCUT2D eigenvalue weighted by Gasteiger charge is 2.07. The number of nitrogens with zero attached hydrogens (tertiary/aromatic N) is 1. The van der Waals surface area contributed by atoms with Gasteiger partial charge < -0.3 is 19.2 Å². The summed E-state index contributed by atoms with van der Waals surface area (Å²) in [6, 6.07) is 26.4. The van der Waals surface area contributed by atoms with E-state index in [0.717, 1.165) is 48.3 Å². The largest absolute Gasteiger partial charge is 0.436 e. The van der Waals surface area contributed by atoms with Gasteiger partial charge in [-0.05, 0) is 41.8 Å². The van der Waals surface area contributed by atoms with E-state index >= 15 is 0 Å². The second kappa shape index (κ2) is 11.4. The molecule has 0 amide bonds. The summed E-state index contributed by atoms with van der Waals surface area (Å²) in [5, 5.41) is 3.34. The molecule has 0 saturated heterocycles. The van der Waals surface area contributed by atoms with E-state index in [4.69, 9.17) is 13.9 Å². The maximum Gasteiger partial charge on any atom is 0.227 e. The molecule has 31 heavy (non-hydrogen) atoms. The molecule has 1 aromatic heterocycles. The normalized spacial score (nSPS) is 11.2. The van der Waals surface area contributed by atoms with Crippen LogP contribution in [0.4, 0.5) is 0 Å². The highest BCUT2D eigenvalue weighted by Crippen LogP contribution is 2.24. The Morgan fingerprint density at radius 2 is 1.45 bits per heavy atom. The molecule has 0 fully saturated rings. The van der Waals surface area contributed by atoms with Crippen molar-refractivity contribution in [2.24, 2.45) is 0 Å². The molecule has 5 heteroatoms. The minimum Gasteiger partial charge on any atom is -0.436 e. The van der Waals surface area contributed by atoms with Crippen LogP contribution in [0.5, 0.6) is 0 Å². The van der Waals surface area contributed by atoms with Crippen molar-refractivity contribution < 1.29 is 13.9 Å². The number of aromatic nitrogens is 1. The Hall–Kier alpha value is -2.99. The van der Waals surface area contributed by atoms with Crippen LogP contribution in [-0.2, 0) is 22.5 Å². The second-order valence-electron chi connectivity index (χ2n) is 7.33. The average molecular weight is 417 g/mol. The zero-order valence-corrected chi connectivity index (χ0v) is 17.6. The van der Waals surface area contributed by atoms with E-state index in [1.807, 2.05) is 42.5 Å². The molecule has 160 valence electrons. The summed E-state index contributed by atoms with van der Waals surface area (Å²) >= 11 is 0. The number of benzene rings is 3. The van der Waals surface area contributed by atoms with Crippen molar-refractivity contribution in [2.75, 3.05) is 32.9 Å². The van der Waals surface area contributed by atoms with Crippen LogP contribution in [0.25, 0.3) is 22.6 Å². The van der Waals surface area contributed by atoms with Gasteiger partial charge in [0.2, 0.25) is 5.89 Å². The van der Waals surface area contributed by atoms with Gasteiger partial charge in [0.15, 0.2) is 5.58 Å². The third-order valence-corrected chi connectivity index (χ3v) is 4.99. The summed E-state index contributed by atoms with van der Waals surface area (Å²) in [5.41, 5.74) is 5.08. The minimum atomic E-state index is 0.586. The molecule has 0 spiro atoms. The van der Waals surface area contributed by atoms with Crippen molar-refractivity contribution in [3.05, 3.63) is 90.0 Å². The number of hydrogen-bond acceptors (Lipinski definition) is 5. The molecule has 0 unspecified atom stereocenters. The van der Waals surface area contributed by atoms with Crippen LogP contribution in [0.15, 0.2) is 83.3 Å². The van der Waals surface area contributed by atoms with Crippen molar-refractivity contribution in [1.82, 2.24) is 10.3 Å². The Balaban J connectivity index is 1.07. The van der Waals surface area contributed by atoms with Gasteiger partial charge in [0.1, 0.15) is 5.52 Å². The van der Waals surface area contributed by atoms with Gasteiger partial charge in [-0.1, -0.05) is 54.6 Å². The van der Waals surface area contributed by atoms with Crippen LogP contribution in [-0.4, -0.2) is 37.9 Å². The molecule has 0 aliphatic heterocycles. The quantitative estimate of drug-likeness (QED) is 0.334. The highest BCUT2D eigenvalue weighted by molar-refractivity contribution is 5.75. The lowest BCUT2D eigenvalue weighted by atomic mass is 10.1. The Bertz CT molecular complexity index is 1010. The van der Waals surface area contributed by atoms with Crippen LogP contribution in [0.1, 0.15) is 11.1 Å². The first-order valence-electron chi connectivity index (χ1n) is 10.7. The van der Waals surface area contributed by atoms with E-state index in [2.05, 4.69) is 46.7 Å². The van der Waals surface area contributed by atoms with Crippen molar-refractivity contribution in [3.63, 3.8) is 0 Å². The Morgan fingerprint density at radius 1 is 0.710 bits per heavy atom. The fraction of sp³-hybridized carbons (Fsp3) is 0.269. The van der Waals surface area contributed by atoms with Gasteiger partial charge in [0, 0.05) is 18.7 Å².